The summed E-state index contributed by atoms with van der Waals surface area (Å²) in [6.07, 6.45) is 4.23. The molecule has 0 heterocycles. The maximum atomic E-state index is 12.5. The molecule has 20 heavy (non-hydrogen) atoms. The van der Waals surface area contributed by atoms with E-state index in [0.717, 1.165) is 19.3 Å². The summed E-state index contributed by atoms with van der Waals surface area (Å²) in [7, 11) is 0. The van der Waals surface area contributed by atoms with Crippen molar-refractivity contribution in [1.29, 1.82) is 5.26 Å². The van der Waals surface area contributed by atoms with Crippen molar-refractivity contribution in [1.82, 2.24) is 0 Å². The molecular weight excluding hydrogens is 272 g/mol. The molecule has 106 valence electrons. The average Bonchev–Trinajstić information content (AvgIpc) is 2.38. The van der Waals surface area contributed by atoms with E-state index in [0.29, 0.717) is 16.3 Å². The molecule has 0 aliphatic heterocycles. The molecule has 1 atom stereocenters. The van der Waals surface area contributed by atoms with Gasteiger partial charge in [-0.15, -0.1) is 0 Å². The number of nitriles is 1. The number of rotatable bonds is 2. The zero-order valence-corrected chi connectivity index (χ0v) is 12.6. The third kappa shape index (κ3) is 3.13. The van der Waals surface area contributed by atoms with Crippen LogP contribution in [0.2, 0.25) is 5.02 Å². The zero-order valence-electron chi connectivity index (χ0n) is 11.9. The Kier molecular flexibility index (Phi) is 4.35. The summed E-state index contributed by atoms with van der Waals surface area (Å²) < 4.78 is 0. The minimum Gasteiger partial charge on any atom is -0.325 e. The Morgan fingerprint density at radius 2 is 2.20 bits per heavy atom. The minimum absolute atomic E-state index is 0.00605. The highest BCUT2D eigenvalue weighted by molar-refractivity contribution is 6.31. The number of hydrogen-bond acceptors (Lipinski definition) is 2. The second-order valence-electron chi connectivity index (χ2n) is 6.08. The molecule has 1 amide bonds. The molecule has 1 saturated carbocycles. The lowest BCUT2D eigenvalue weighted by molar-refractivity contribution is -0.124. The maximum Gasteiger partial charge on any atom is 0.228 e. The summed E-state index contributed by atoms with van der Waals surface area (Å²) in [5, 5.41) is 12.5. The quantitative estimate of drug-likeness (QED) is 0.879. The van der Waals surface area contributed by atoms with Gasteiger partial charge in [0.2, 0.25) is 5.91 Å². The number of carbonyl (C=O) groups excluding carboxylic acids is 1. The van der Waals surface area contributed by atoms with Crippen LogP contribution in [0.25, 0.3) is 0 Å². The smallest absolute Gasteiger partial charge is 0.228 e. The first-order valence-electron chi connectivity index (χ1n) is 6.94. The van der Waals surface area contributed by atoms with Crippen LogP contribution in [-0.2, 0) is 4.79 Å². The van der Waals surface area contributed by atoms with Gasteiger partial charge in [0.15, 0.2) is 0 Å². The van der Waals surface area contributed by atoms with Crippen LogP contribution in [0.1, 0.15) is 45.1 Å². The van der Waals surface area contributed by atoms with Crippen molar-refractivity contribution in [3.8, 4) is 6.07 Å². The van der Waals surface area contributed by atoms with Crippen LogP contribution in [0.5, 0.6) is 0 Å². The van der Waals surface area contributed by atoms with Crippen molar-refractivity contribution in [3.63, 3.8) is 0 Å². The molecule has 0 saturated heterocycles. The van der Waals surface area contributed by atoms with Crippen LogP contribution < -0.4 is 5.32 Å². The zero-order chi connectivity index (χ0) is 14.8. The number of hydrogen-bond donors (Lipinski definition) is 1. The largest absolute Gasteiger partial charge is 0.325 e. The monoisotopic (exact) mass is 290 g/mol. The van der Waals surface area contributed by atoms with Gasteiger partial charge in [0.25, 0.3) is 0 Å². The first-order valence-corrected chi connectivity index (χ1v) is 7.32. The molecule has 0 bridgehead atoms. The van der Waals surface area contributed by atoms with Crippen LogP contribution in [0.15, 0.2) is 18.2 Å². The Morgan fingerprint density at radius 3 is 2.85 bits per heavy atom. The average molecular weight is 291 g/mol. The van der Waals surface area contributed by atoms with Gasteiger partial charge >= 0.3 is 0 Å². The van der Waals surface area contributed by atoms with Gasteiger partial charge in [0.1, 0.15) is 6.07 Å². The predicted octanol–water partition coefficient (Wildman–Crippen LogP) is 4.37. The second kappa shape index (κ2) is 5.85. The normalized spacial score (nSPS) is 21.0. The number of nitrogens with one attached hydrogen (secondary N) is 1. The fraction of sp³-hybridized carbons (Fsp3) is 0.500. The third-order valence-electron chi connectivity index (χ3n) is 4.18. The van der Waals surface area contributed by atoms with E-state index < -0.39 is 0 Å². The Morgan fingerprint density at radius 1 is 1.45 bits per heavy atom. The first-order chi connectivity index (χ1) is 9.44. The highest BCUT2D eigenvalue weighted by Crippen LogP contribution is 2.41. The van der Waals surface area contributed by atoms with Crippen molar-refractivity contribution in [2.75, 3.05) is 5.32 Å². The molecule has 1 aromatic rings. The van der Waals surface area contributed by atoms with Crippen molar-refractivity contribution in [2.45, 2.75) is 39.5 Å². The second-order valence-corrected chi connectivity index (χ2v) is 6.51. The van der Waals surface area contributed by atoms with Crippen LogP contribution in [0.3, 0.4) is 0 Å². The minimum atomic E-state index is -0.0122. The third-order valence-corrected chi connectivity index (χ3v) is 4.42. The number of benzene rings is 1. The molecule has 2 rings (SSSR count). The van der Waals surface area contributed by atoms with E-state index >= 15 is 0 Å². The summed E-state index contributed by atoms with van der Waals surface area (Å²) >= 11 is 5.94. The standard InChI is InChI=1S/C16H19ClN2O/c1-16(2)8-4-3-5-13(16)15(20)19-14-9-12(17)7-6-11(14)10-18/h6-7,9,13H,3-5,8H2,1-2H3,(H,19,20). The van der Waals surface area contributed by atoms with Crippen molar-refractivity contribution < 1.29 is 4.79 Å². The van der Waals surface area contributed by atoms with E-state index in [1.807, 2.05) is 0 Å². The lowest BCUT2D eigenvalue weighted by atomic mass is 9.68. The van der Waals surface area contributed by atoms with Gasteiger partial charge in [-0.1, -0.05) is 38.3 Å². The molecule has 1 aliphatic carbocycles. The molecule has 4 heteroatoms. The Labute approximate surface area is 124 Å². The van der Waals surface area contributed by atoms with Crippen molar-refractivity contribution in [2.24, 2.45) is 11.3 Å². The SMILES string of the molecule is CC1(C)CCCCC1C(=O)Nc1cc(Cl)ccc1C#N. The predicted molar refractivity (Wildman–Crippen MR) is 80.5 cm³/mol. The Hall–Kier alpha value is -1.53. The molecule has 0 radical (unpaired) electrons. The Balaban J connectivity index is 2.20. The fourth-order valence-electron chi connectivity index (χ4n) is 2.92. The molecule has 0 aromatic heterocycles. The number of anilines is 1. The topological polar surface area (TPSA) is 52.9 Å². The molecule has 1 N–H and O–H groups in total. The van der Waals surface area contributed by atoms with E-state index in [9.17, 15) is 4.79 Å². The first kappa shape index (κ1) is 14.9. The van der Waals surface area contributed by atoms with Gasteiger partial charge in [-0.2, -0.15) is 5.26 Å². The van der Waals surface area contributed by atoms with E-state index in [4.69, 9.17) is 16.9 Å². The molecular formula is C16H19ClN2O. The lowest BCUT2D eigenvalue weighted by Gasteiger charge is -2.37. The molecule has 3 nitrogen and oxygen atoms in total. The number of nitrogens with zero attached hydrogens (tertiary/aromatic N) is 1. The van der Waals surface area contributed by atoms with Crippen LogP contribution >= 0.6 is 11.6 Å². The van der Waals surface area contributed by atoms with Gasteiger partial charge in [-0.05, 0) is 36.5 Å². The highest BCUT2D eigenvalue weighted by atomic mass is 35.5. The number of halogens is 1. The summed E-state index contributed by atoms with van der Waals surface area (Å²) in [4.78, 5) is 12.5. The molecule has 1 aliphatic rings. The highest BCUT2D eigenvalue weighted by Gasteiger charge is 2.37. The van der Waals surface area contributed by atoms with Crippen molar-refractivity contribution >= 4 is 23.2 Å². The summed E-state index contributed by atoms with van der Waals surface area (Å²) in [6.45, 7) is 4.28. The van der Waals surface area contributed by atoms with Gasteiger partial charge in [0.05, 0.1) is 11.3 Å². The van der Waals surface area contributed by atoms with Crippen molar-refractivity contribution in [3.05, 3.63) is 28.8 Å². The summed E-state index contributed by atoms with van der Waals surface area (Å²) in [5.41, 5.74) is 0.955. The van der Waals surface area contributed by atoms with E-state index in [-0.39, 0.29) is 17.2 Å². The molecule has 1 unspecified atom stereocenters. The van der Waals surface area contributed by atoms with Crippen LogP contribution in [-0.4, -0.2) is 5.91 Å². The summed E-state index contributed by atoms with van der Waals surface area (Å²) in [6, 6.07) is 6.99. The van der Waals surface area contributed by atoms with Gasteiger partial charge in [-0.3, -0.25) is 4.79 Å². The van der Waals surface area contributed by atoms with E-state index in [2.05, 4.69) is 25.2 Å². The van der Waals surface area contributed by atoms with Gasteiger partial charge in [0, 0.05) is 10.9 Å². The molecule has 0 spiro atoms. The Bertz CT molecular complexity index is 560. The van der Waals surface area contributed by atoms with Gasteiger partial charge in [-0.25, -0.2) is 0 Å². The number of amides is 1. The summed E-state index contributed by atoms with van der Waals surface area (Å²) in [5.74, 6) is -0.0183. The lowest BCUT2D eigenvalue weighted by Crippen LogP contribution is -2.37. The van der Waals surface area contributed by atoms with Crippen LogP contribution in [0, 0.1) is 22.7 Å². The van der Waals surface area contributed by atoms with Gasteiger partial charge < -0.3 is 5.32 Å². The fourth-order valence-corrected chi connectivity index (χ4v) is 3.09. The maximum absolute atomic E-state index is 12.5. The molecule has 1 fully saturated rings. The molecule has 1 aromatic carbocycles. The van der Waals surface area contributed by atoms with E-state index in [1.54, 1.807) is 18.2 Å². The van der Waals surface area contributed by atoms with Crippen LogP contribution in [0.4, 0.5) is 5.69 Å². The van der Waals surface area contributed by atoms with E-state index in [1.165, 1.54) is 6.42 Å². The number of carbonyl (C=O) groups is 1.